The largest absolute Gasteiger partial charge is 0.396 e. The molecule has 0 aliphatic carbocycles. The normalized spacial score (nSPS) is 25.3. The lowest BCUT2D eigenvalue weighted by molar-refractivity contribution is -0.0404. The van der Waals surface area contributed by atoms with E-state index in [1.54, 1.807) is 0 Å². The second-order valence-electron chi connectivity index (χ2n) is 2.54. The molecule has 0 radical (unpaired) electrons. The van der Waals surface area contributed by atoms with E-state index in [1.165, 1.54) is 0 Å². The van der Waals surface area contributed by atoms with E-state index in [0.717, 1.165) is 0 Å². The molecule has 0 atom stereocenters. The zero-order valence-corrected chi connectivity index (χ0v) is 6.67. The molecule has 1 saturated heterocycles. The fourth-order valence-electron chi connectivity index (χ4n) is 0.654. The molecule has 0 aromatic heterocycles. The van der Waals surface area contributed by atoms with Crippen LogP contribution in [0.25, 0.3) is 0 Å². The zero-order chi connectivity index (χ0) is 8.32. The Morgan fingerprint density at radius 3 is 2.09 bits per heavy atom. The van der Waals surface area contributed by atoms with Crippen molar-refractivity contribution in [3.63, 3.8) is 0 Å². The minimum absolute atomic E-state index is 0.0621. The van der Waals surface area contributed by atoms with Gasteiger partial charge in [-0.2, -0.15) is 4.21 Å². The van der Waals surface area contributed by atoms with Crippen molar-refractivity contribution in [2.24, 2.45) is 5.41 Å². The predicted molar refractivity (Wildman–Crippen MR) is 36.7 cm³/mol. The predicted octanol–water partition coefficient (Wildman–Crippen LogP) is -1.42. The van der Waals surface area contributed by atoms with Crippen LogP contribution in [0.2, 0.25) is 0 Å². The summed E-state index contributed by atoms with van der Waals surface area (Å²) in [7, 11) is 0. The highest BCUT2D eigenvalue weighted by atomic mass is 32.2. The summed E-state index contributed by atoms with van der Waals surface area (Å²) in [6.07, 6.45) is 0. The molecule has 1 fully saturated rings. The van der Waals surface area contributed by atoms with E-state index in [9.17, 15) is 4.21 Å². The van der Waals surface area contributed by atoms with Crippen LogP contribution in [0.1, 0.15) is 0 Å². The molecule has 0 spiro atoms. The van der Waals surface area contributed by atoms with Crippen LogP contribution in [0, 0.1) is 5.41 Å². The molecule has 0 saturated carbocycles. The Hall–Kier alpha value is -0.0100. The highest BCUT2D eigenvalue weighted by molar-refractivity contribution is 7.75. The summed E-state index contributed by atoms with van der Waals surface area (Å²) in [4.78, 5) is 0. The average Bonchev–Trinajstić information content (AvgIpc) is 2.07. The molecule has 0 aromatic rings. The summed E-state index contributed by atoms with van der Waals surface area (Å²) in [5, 5.41) is 17.6. The van der Waals surface area contributed by atoms with Crippen molar-refractivity contribution in [1.29, 1.82) is 0 Å². The lowest BCUT2D eigenvalue weighted by Gasteiger charge is -2.31. The molecule has 1 aliphatic rings. The molecule has 66 valence electrons. The maximum atomic E-state index is 10.5. The third-order valence-corrected chi connectivity index (χ3v) is 2.21. The Morgan fingerprint density at radius 2 is 1.73 bits per heavy atom. The first-order valence-electron chi connectivity index (χ1n) is 3.12. The number of hydrogen-bond acceptors (Lipinski definition) is 5. The number of aliphatic hydroxyl groups excluding tert-OH is 2. The second kappa shape index (κ2) is 3.59. The van der Waals surface area contributed by atoms with Gasteiger partial charge in [0.25, 0.3) is 0 Å². The van der Waals surface area contributed by atoms with Crippen molar-refractivity contribution in [3.8, 4) is 0 Å². The van der Waals surface area contributed by atoms with Gasteiger partial charge in [-0.05, 0) is 0 Å². The van der Waals surface area contributed by atoms with Gasteiger partial charge in [-0.15, -0.1) is 0 Å². The maximum Gasteiger partial charge on any atom is 0.304 e. The Morgan fingerprint density at radius 1 is 1.27 bits per heavy atom. The summed E-state index contributed by atoms with van der Waals surface area (Å²) >= 11 is -1.71. The van der Waals surface area contributed by atoms with E-state index < -0.39 is 16.8 Å². The van der Waals surface area contributed by atoms with Crippen LogP contribution in [-0.2, 0) is 19.7 Å². The van der Waals surface area contributed by atoms with Gasteiger partial charge in [0.15, 0.2) is 0 Å². The molecule has 2 N–H and O–H groups in total. The van der Waals surface area contributed by atoms with E-state index >= 15 is 0 Å². The van der Waals surface area contributed by atoms with Gasteiger partial charge < -0.3 is 10.2 Å². The molecule has 6 heteroatoms. The molecule has 1 aliphatic heterocycles. The van der Waals surface area contributed by atoms with Crippen LogP contribution in [0.15, 0.2) is 0 Å². The quantitative estimate of drug-likeness (QED) is 0.548. The van der Waals surface area contributed by atoms with Crippen LogP contribution < -0.4 is 0 Å². The SMILES string of the molecule is O=S1OCC(CO)(CO)CO1. The van der Waals surface area contributed by atoms with Crippen molar-refractivity contribution >= 4 is 11.4 Å². The minimum atomic E-state index is -1.71. The van der Waals surface area contributed by atoms with Gasteiger partial charge in [0.1, 0.15) is 0 Å². The first-order valence-corrected chi connectivity index (χ1v) is 4.12. The lowest BCUT2D eigenvalue weighted by Crippen LogP contribution is -2.43. The third kappa shape index (κ3) is 1.97. The van der Waals surface area contributed by atoms with Crippen molar-refractivity contribution in [3.05, 3.63) is 0 Å². The van der Waals surface area contributed by atoms with E-state index in [1.807, 2.05) is 0 Å². The van der Waals surface area contributed by atoms with Gasteiger partial charge in [-0.1, -0.05) is 0 Å². The van der Waals surface area contributed by atoms with E-state index in [0.29, 0.717) is 0 Å². The van der Waals surface area contributed by atoms with Gasteiger partial charge >= 0.3 is 11.4 Å². The van der Waals surface area contributed by atoms with Crippen LogP contribution >= 0.6 is 0 Å². The molecule has 0 bridgehead atoms. The molecule has 5 nitrogen and oxygen atoms in total. The summed E-state index contributed by atoms with van der Waals surface area (Å²) in [6.45, 7) is -0.347. The Bertz CT molecular complexity index is 143. The molecule has 1 heterocycles. The summed E-state index contributed by atoms with van der Waals surface area (Å²) in [5.74, 6) is 0. The second-order valence-corrected chi connectivity index (χ2v) is 3.42. The zero-order valence-electron chi connectivity index (χ0n) is 5.86. The monoisotopic (exact) mass is 182 g/mol. The van der Waals surface area contributed by atoms with Gasteiger partial charge in [-0.3, -0.25) is 8.37 Å². The highest BCUT2D eigenvalue weighted by Crippen LogP contribution is 2.22. The van der Waals surface area contributed by atoms with Gasteiger partial charge in [0.05, 0.1) is 31.8 Å². The fraction of sp³-hybridized carbons (Fsp3) is 1.00. The van der Waals surface area contributed by atoms with Crippen molar-refractivity contribution in [1.82, 2.24) is 0 Å². The summed E-state index contributed by atoms with van der Waals surface area (Å²) in [5.41, 5.74) is -0.784. The molecule has 0 unspecified atom stereocenters. The lowest BCUT2D eigenvalue weighted by atomic mass is 9.93. The van der Waals surface area contributed by atoms with Crippen molar-refractivity contribution in [2.75, 3.05) is 26.4 Å². The Labute approximate surface area is 66.8 Å². The fourth-order valence-corrected chi connectivity index (χ4v) is 1.41. The van der Waals surface area contributed by atoms with Crippen molar-refractivity contribution in [2.45, 2.75) is 0 Å². The van der Waals surface area contributed by atoms with Crippen LogP contribution in [0.3, 0.4) is 0 Å². The minimum Gasteiger partial charge on any atom is -0.396 e. The Balaban J connectivity index is 2.52. The molecular weight excluding hydrogens is 172 g/mol. The smallest absolute Gasteiger partial charge is 0.304 e. The standard InChI is InChI=1S/C5H10O5S/c6-1-5(2-7)3-9-11(8)10-4-5/h6-7H,1-4H2. The van der Waals surface area contributed by atoms with E-state index in [2.05, 4.69) is 8.37 Å². The highest BCUT2D eigenvalue weighted by Gasteiger charge is 2.35. The topological polar surface area (TPSA) is 76.0 Å². The number of aliphatic hydroxyl groups is 2. The third-order valence-electron chi connectivity index (χ3n) is 1.59. The van der Waals surface area contributed by atoms with E-state index in [4.69, 9.17) is 10.2 Å². The van der Waals surface area contributed by atoms with Crippen LogP contribution in [0.5, 0.6) is 0 Å². The number of rotatable bonds is 2. The van der Waals surface area contributed by atoms with Crippen LogP contribution in [0.4, 0.5) is 0 Å². The molecule has 0 aromatic carbocycles. The average molecular weight is 182 g/mol. The molecule has 0 amide bonds. The first kappa shape index (κ1) is 9.08. The van der Waals surface area contributed by atoms with Gasteiger partial charge in [0.2, 0.25) is 0 Å². The molecule has 1 rings (SSSR count). The van der Waals surface area contributed by atoms with Crippen molar-refractivity contribution < 1.29 is 22.8 Å². The van der Waals surface area contributed by atoms with Gasteiger partial charge in [0, 0.05) is 0 Å². The van der Waals surface area contributed by atoms with E-state index in [-0.39, 0.29) is 26.4 Å². The summed E-state index contributed by atoms with van der Waals surface area (Å²) < 4.78 is 19.7. The number of hydrogen-bond donors (Lipinski definition) is 2. The molecular formula is C5H10O5S. The molecule has 11 heavy (non-hydrogen) atoms. The van der Waals surface area contributed by atoms with Crippen LogP contribution in [-0.4, -0.2) is 40.8 Å². The maximum absolute atomic E-state index is 10.5. The Kier molecular flexibility index (Phi) is 2.97. The first-order chi connectivity index (χ1) is 5.22. The summed E-state index contributed by atoms with van der Waals surface area (Å²) in [6, 6.07) is 0. The van der Waals surface area contributed by atoms with Gasteiger partial charge in [-0.25, -0.2) is 0 Å².